The van der Waals surface area contributed by atoms with E-state index in [2.05, 4.69) is 5.32 Å². The highest BCUT2D eigenvalue weighted by molar-refractivity contribution is 5.92. The first-order chi connectivity index (χ1) is 8.49. The molecular weight excluding hydrogens is 228 g/mol. The zero-order valence-electron chi connectivity index (χ0n) is 11.5. The lowest BCUT2D eigenvalue weighted by molar-refractivity contribution is -0.138. The Kier molecular flexibility index (Phi) is 3.93. The Labute approximate surface area is 109 Å². The summed E-state index contributed by atoms with van der Waals surface area (Å²) in [6.07, 6.45) is 6.79. The highest BCUT2D eigenvalue weighted by Crippen LogP contribution is 2.25. The Bertz CT molecular complexity index is 333. The van der Waals surface area contributed by atoms with Crippen LogP contribution in [0.1, 0.15) is 52.4 Å². The number of carbonyl (C=O) groups is 2. The second-order valence-electron chi connectivity index (χ2n) is 6.18. The Morgan fingerprint density at radius 1 is 1.22 bits per heavy atom. The van der Waals surface area contributed by atoms with E-state index < -0.39 is 5.54 Å². The quantitative estimate of drug-likeness (QED) is 0.813. The van der Waals surface area contributed by atoms with Crippen molar-refractivity contribution in [2.24, 2.45) is 5.92 Å². The molecule has 0 unspecified atom stereocenters. The molecule has 2 rings (SSSR count). The summed E-state index contributed by atoms with van der Waals surface area (Å²) < 4.78 is 0. The maximum atomic E-state index is 12.4. The largest absolute Gasteiger partial charge is 0.342 e. The molecule has 1 aliphatic heterocycles. The Hall–Kier alpha value is -1.06. The van der Waals surface area contributed by atoms with E-state index in [-0.39, 0.29) is 11.8 Å². The normalized spacial score (nSPS) is 25.8. The summed E-state index contributed by atoms with van der Waals surface area (Å²) in [5.41, 5.74) is -0.748. The van der Waals surface area contributed by atoms with Crippen molar-refractivity contribution >= 4 is 11.8 Å². The van der Waals surface area contributed by atoms with Crippen molar-refractivity contribution < 1.29 is 9.59 Å². The number of amides is 2. The van der Waals surface area contributed by atoms with Crippen molar-refractivity contribution in [1.29, 1.82) is 0 Å². The van der Waals surface area contributed by atoms with Gasteiger partial charge in [-0.3, -0.25) is 9.59 Å². The zero-order chi connectivity index (χ0) is 13.2. The minimum absolute atomic E-state index is 0.0144. The third-order valence-corrected chi connectivity index (χ3v) is 4.09. The SMILES string of the molecule is CC1(C)NC(=O)CCN(CC2CCCCC2)C1=O. The van der Waals surface area contributed by atoms with E-state index in [1.807, 2.05) is 4.90 Å². The molecule has 1 saturated heterocycles. The molecule has 1 N–H and O–H groups in total. The molecule has 4 nitrogen and oxygen atoms in total. The first-order valence-corrected chi connectivity index (χ1v) is 7.09. The summed E-state index contributed by atoms with van der Waals surface area (Å²) in [5, 5.41) is 2.80. The number of nitrogens with one attached hydrogen (secondary N) is 1. The standard InChI is InChI=1S/C14H24N2O2/c1-14(2)13(18)16(9-8-12(17)15-14)10-11-6-4-3-5-7-11/h11H,3-10H2,1-2H3,(H,15,17). The molecule has 1 heterocycles. The molecule has 1 aliphatic carbocycles. The van der Waals surface area contributed by atoms with Crippen LogP contribution in [0.2, 0.25) is 0 Å². The van der Waals surface area contributed by atoms with Crippen LogP contribution in [0.25, 0.3) is 0 Å². The van der Waals surface area contributed by atoms with E-state index in [0.29, 0.717) is 18.9 Å². The molecule has 0 atom stereocenters. The minimum Gasteiger partial charge on any atom is -0.342 e. The van der Waals surface area contributed by atoms with Crippen LogP contribution in [0, 0.1) is 5.92 Å². The molecule has 0 spiro atoms. The van der Waals surface area contributed by atoms with Gasteiger partial charge in [-0.05, 0) is 32.6 Å². The number of rotatable bonds is 2. The molecule has 1 saturated carbocycles. The lowest BCUT2D eigenvalue weighted by Crippen LogP contribution is -2.53. The lowest BCUT2D eigenvalue weighted by Gasteiger charge is -2.32. The number of nitrogens with zero attached hydrogens (tertiary/aromatic N) is 1. The van der Waals surface area contributed by atoms with Crippen LogP contribution in [0.4, 0.5) is 0 Å². The monoisotopic (exact) mass is 252 g/mol. The van der Waals surface area contributed by atoms with Crippen LogP contribution >= 0.6 is 0 Å². The van der Waals surface area contributed by atoms with Gasteiger partial charge in [0, 0.05) is 19.5 Å². The molecule has 2 amide bonds. The molecule has 18 heavy (non-hydrogen) atoms. The average Bonchev–Trinajstić information content (AvgIpc) is 2.42. The van der Waals surface area contributed by atoms with Crippen molar-refractivity contribution in [3.8, 4) is 0 Å². The van der Waals surface area contributed by atoms with Crippen LogP contribution in [0.15, 0.2) is 0 Å². The second kappa shape index (κ2) is 5.29. The molecule has 0 bridgehead atoms. The van der Waals surface area contributed by atoms with Gasteiger partial charge in [-0.1, -0.05) is 19.3 Å². The van der Waals surface area contributed by atoms with Crippen LogP contribution in [-0.4, -0.2) is 35.3 Å². The van der Waals surface area contributed by atoms with Gasteiger partial charge in [0.15, 0.2) is 0 Å². The predicted octanol–water partition coefficient (Wildman–Crippen LogP) is 1.69. The van der Waals surface area contributed by atoms with Crippen molar-refractivity contribution in [3.05, 3.63) is 0 Å². The molecule has 0 radical (unpaired) electrons. The van der Waals surface area contributed by atoms with E-state index in [1.165, 1.54) is 32.1 Å². The third kappa shape index (κ3) is 3.03. The molecule has 4 heteroatoms. The van der Waals surface area contributed by atoms with Gasteiger partial charge in [0.25, 0.3) is 0 Å². The molecule has 2 aliphatic rings. The van der Waals surface area contributed by atoms with Gasteiger partial charge < -0.3 is 10.2 Å². The molecule has 0 aromatic heterocycles. The predicted molar refractivity (Wildman–Crippen MR) is 70.0 cm³/mol. The average molecular weight is 252 g/mol. The van der Waals surface area contributed by atoms with Crippen molar-refractivity contribution in [1.82, 2.24) is 10.2 Å². The maximum Gasteiger partial charge on any atom is 0.247 e. The van der Waals surface area contributed by atoms with Crippen molar-refractivity contribution in [2.75, 3.05) is 13.1 Å². The van der Waals surface area contributed by atoms with Crippen LogP contribution in [-0.2, 0) is 9.59 Å². The lowest BCUT2D eigenvalue weighted by atomic mass is 9.88. The highest BCUT2D eigenvalue weighted by atomic mass is 16.2. The van der Waals surface area contributed by atoms with E-state index in [4.69, 9.17) is 0 Å². The molecule has 102 valence electrons. The Morgan fingerprint density at radius 3 is 2.56 bits per heavy atom. The van der Waals surface area contributed by atoms with Gasteiger partial charge in [-0.15, -0.1) is 0 Å². The second-order valence-corrected chi connectivity index (χ2v) is 6.18. The Balaban J connectivity index is 2.01. The van der Waals surface area contributed by atoms with Gasteiger partial charge >= 0.3 is 0 Å². The van der Waals surface area contributed by atoms with Crippen molar-refractivity contribution in [2.45, 2.75) is 57.9 Å². The number of hydrogen-bond donors (Lipinski definition) is 1. The van der Waals surface area contributed by atoms with E-state index in [9.17, 15) is 9.59 Å². The molecule has 2 fully saturated rings. The van der Waals surface area contributed by atoms with Crippen LogP contribution in [0.3, 0.4) is 0 Å². The Morgan fingerprint density at radius 2 is 1.89 bits per heavy atom. The number of hydrogen-bond acceptors (Lipinski definition) is 2. The first-order valence-electron chi connectivity index (χ1n) is 7.09. The third-order valence-electron chi connectivity index (χ3n) is 4.09. The number of carbonyl (C=O) groups excluding carboxylic acids is 2. The summed E-state index contributed by atoms with van der Waals surface area (Å²) in [6.45, 7) is 5.00. The molecule has 0 aromatic rings. The maximum absolute atomic E-state index is 12.4. The fraction of sp³-hybridized carbons (Fsp3) is 0.857. The van der Waals surface area contributed by atoms with Gasteiger partial charge in [-0.2, -0.15) is 0 Å². The topological polar surface area (TPSA) is 49.4 Å². The highest BCUT2D eigenvalue weighted by Gasteiger charge is 2.37. The molecular formula is C14H24N2O2. The summed E-state index contributed by atoms with van der Waals surface area (Å²) >= 11 is 0. The van der Waals surface area contributed by atoms with E-state index in [1.54, 1.807) is 13.8 Å². The van der Waals surface area contributed by atoms with Gasteiger partial charge in [0.05, 0.1) is 0 Å². The van der Waals surface area contributed by atoms with Gasteiger partial charge in [-0.25, -0.2) is 0 Å². The minimum atomic E-state index is -0.748. The zero-order valence-corrected chi connectivity index (χ0v) is 11.5. The van der Waals surface area contributed by atoms with E-state index in [0.717, 1.165) is 6.54 Å². The molecule has 0 aromatic carbocycles. The van der Waals surface area contributed by atoms with Gasteiger partial charge in [0.2, 0.25) is 11.8 Å². The van der Waals surface area contributed by atoms with Crippen molar-refractivity contribution in [3.63, 3.8) is 0 Å². The summed E-state index contributed by atoms with van der Waals surface area (Å²) in [4.78, 5) is 25.9. The summed E-state index contributed by atoms with van der Waals surface area (Å²) in [5.74, 6) is 0.685. The smallest absolute Gasteiger partial charge is 0.247 e. The summed E-state index contributed by atoms with van der Waals surface area (Å²) in [7, 11) is 0. The van der Waals surface area contributed by atoms with Gasteiger partial charge in [0.1, 0.15) is 5.54 Å². The van der Waals surface area contributed by atoms with Crippen LogP contribution < -0.4 is 5.32 Å². The fourth-order valence-corrected chi connectivity index (χ4v) is 3.05. The van der Waals surface area contributed by atoms with E-state index >= 15 is 0 Å². The first kappa shape index (κ1) is 13.4. The van der Waals surface area contributed by atoms with Crippen LogP contribution in [0.5, 0.6) is 0 Å². The fourth-order valence-electron chi connectivity index (χ4n) is 3.05. The summed E-state index contributed by atoms with van der Waals surface area (Å²) in [6, 6.07) is 0.